The summed E-state index contributed by atoms with van der Waals surface area (Å²) in [5.74, 6) is 0.428. The van der Waals surface area contributed by atoms with E-state index in [-0.39, 0.29) is 11.7 Å². The van der Waals surface area contributed by atoms with Gasteiger partial charge in [0.1, 0.15) is 5.75 Å². The molecule has 0 aliphatic carbocycles. The van der Waals surface area contributed by atoms with Crippen LogP contribution in [0.3, 0.4) is 0 Å². The first-order chi connectivity index (χ1) is 33.0. The number of carbonyl (C=O) groups is 2. The lowest BCUT2D eigenvalue weighted by molar-refractivity contribution is -0.117. The second kappa shape index (κ2) is 23.8. The molecule has 0 saturated carbocycles. The Morgan fingerprint density at radius 3 is 1.96 bits per heavy atom. The van der Waals surface area contributed by atoms with Crippen LogP contribution in [0.25, 0.3) is 44.1 Å². The Balaban J connectivity index is 1.37. The van der Waals surface area contributed by atoms with Crippen molar-refractivity contribution in [2.45, 2.75) is 65.7 Å². The number of allylic oxidation sites excluding steroid dienone is 1. The van der Waals surface area contributed by atoms with Crippen LogP contribution in [0, 0.1) is 0 Å². The molecule has 0 spiro atoms. The number of benzene rings is 5. The molecule has 4 N–H and O–H groups in total. The molecule has 7 aromatic rings. The number of nitrogens with one attached hydrogen (secondary N) is 1. The van der Waals surface area contributed by atoms with E-state index in [0.717, 1.165) is 72.7 Å². The molecule has 0 bridgehead atoms. The maximum absolute atomic E-state index is 12.6. The predicted octanol–water partition coefficient (Wildman–Crippen LogP) is 8.10. The number of amides is 1. The molecule has 1 radical (unpaired) electrons. The Hall–Kier alpha value is -6.73. The summed E-state index contributed by atoms with van der Waals surface area (Å²) >= 11 is 0. The molecule has 13 heteroatoms. The highest BCUT2D eigenvalue weighted by atomic mass is 16.5. The van der Waals surface area contributed by atoms with E-state index in [1.165, 1.54) is 0 Å². The van der Waals surface area contributed by atoms with Crippen LogP contribution in [0.5, 0.6) is 5.75 Å². The van der Waals surface area contributed by atoms with Crippen LogP contribution >= 0.6 is 0 Å². The Morgan fingerprint density at radius 1 is 0.647 bits per heavy atom. The van der Waals surface area contributed by atoms with E-state index in [4.69, 9.17) is 4.65 Å². The maximum atomic E-state index is 12.6. The molecule has 2 heterocycles. The van der Waals surface area contributed by atoms with Crippen LogP contribution in [0.1, 0.15) is 61.8 Å². The third-order valence-corrected chi connectivity index (χ3v) is 12.2. The number of pyridine rings is 2. The monoisotopic (exact) mass is 906 g/mol. The molecule has 345 valence electrons. The molecule has 0 atom stereocenters. The van der Waals surface area contributed by atoms with Gasteiger partial charge in [-0.25, -0.2) is 0 Å². The Morgan fingerprint density at radius 2 is 1.26 bits per heavy atom. The molecule has 2 aromatic heterocycles. The van der Waals surface area contributed by atoms with Crippen LogP contribution in [0.4, 0.5) is 0 Å². The average molecular weight is 907 g/mol. The van der Waals surface area contributed by atoms with Crippen molar-refractivity contribution in [1.82, 2.24) is 25.1 Å². The molecule has 7 rings (SSSR count). The molecule has 0 fully saturated rings. The fourth-order valence-electron chi connectivity index (χ4n) is 8.72. The van der Waals surface area contributed by atoms with Crippen LogP contribution in [0.15, 0.2) is 158 Å². The first-order valence-electron chi connectivity index (χ1n) is 23.1. The van der Waals surface area contributed by atoms with Crippen molar-refractivity contribution in [3.63, 3.8) is 0 Å². The minimum atomic E-state index is -1.63. The molecular weight excluding hydrogens is 848 g/mol. The van der Waals surface area contributed by atoms with Gasteiger partial charge in [-0.1, -0.05) is 98.1 Å². The fraction of sp³-hybridized carbons (Fsp3) is 0.236. The number of carbonyl (C=O) groups excluding carboxylic acids is 2. The number of unbranched alkanes of at least 4 members (excludes halogenated alkanes) is 1. The van der Waals surface area contributed by atoms with E-state index < -0.39 is 7.12 Å². The molecule has 1 amide bonds. The van der Waals surface area contributed by atoms with Crippen molar-refractivity contribution in [3.8, 4) is 28.3 Å². The second-order valence-corrected chi connectivity index (χ2v) is 17.3. The number of hydrogen-bond acceptors (Lipinski definition) is 10. The summed E-state index contributed by atoms with van der Waals surface area (Å²) in [6, 6.07) is 40.1. The molecule has 0 saturated heterocycles. The lowest BCUT2D eigenvalue weighted by Gasteiger charge is -2.28. The number of nitrogens with zero attached hydrogens (tertiary/aromatic N) is 4. The summed E-state index contributed by atoms with van der Waals surface area (Å²) in [6.45, 7) is 14.8. The summed E-state index contributed by atoms with van der Waals surface area (Å²) in [7, 11) is -0.933. The minimum absolute atomic E-state index is 0.0566. The summed E-state index contributed by atoms with van der Waals surface area (Å²) in [5, 5.41) is 37.8. The molecule has 0 unspecified atom stereocenters. The van der Waals surface area contributed by atoms with Gasteiger partial charge >= 0.3 is 14.8 Å². The van der Waals surface area contributed by atoms with Crippen molar-refractivity contribution >= 4 is 53.5 Å². The van der Waals surface area contributed by atoms with Crippen LogP contribution in [-0.2, 0) is 35.8 Å². The number of para-hydroxylation sites is 1. The lowest BCUT2D eigenvalue weighted by Crippen LogP contribution is -2.36. The highest BCUT2D eigenvalue weighted by molar-refractivity contribution is 6.59. The summed E-state index contributed by atoms with van der Waals surface area (Å²) in [5.41, 5.74) is 8.95. The van der Waals surface area contributed by atoms with Crippen molar-refractivity contribution in [1.29, 1.82) is 0 Å². The van der Waals surface area contributed by atoms with E-state index in [1.807, 2.05) is 72.9 Å². The molecule has 68 heavy (non-hydrogen) atoms. The third kappa shape index (κ3) is 12.6. The van der Waals surface area contributed by atoms with Gasteiger partial charge in [-0.15, -0.1) is 0 Å². The smallest absolute Gasteiger partial charge is 0.537 e. The normalized spacial score (nSPS) is 11.3. The van der Waals surface area contributed by atoms with Crippen LogP contribution in [0.2, 0.25) is 0 Å². The summed E-state index contributed by atoms with van der Waals surface area (Å²) < 4.78 is 5.55. The lowest BCUT2D eigenvalue weighted by atomic mass is 9.77. The first kappa shape index (κ1) is 49.2. The number of aromatic nitrogens is 2. The van der Waals surface area contributed by atoms with E-state index in [0.29, 0.717) is 95.1 Å². The average Bonchev–Trinajstić information content (AvgIpc) is 3.35. The molecule has 0 aliphatic rings. The number of Topliss-reactive ketones (excluding diaryl/α,β-unsaturated/α-hetero) is 1. The zero-order valence-corrected chi connectivity index (χ0v) is 38.9. The van der Waals surface area contributed by atoms with Gasteiger partial charge in [-0.3, -0.25) is 29.4 Å². The number of hydrogen-bond donors (Lipinski definition) is 4. The fourth-order valence-corrected chi connectivity index (χ4v) is 8.72. The number of fused-ring (bicyclic) bond motifs is 2. The van der Waals surface area contributed by atoms with Gasteiger partial charge in [0.2, 0.25) is 5.91 Å². The third-order valence-electron chi connectivity index (χ3n) is 12.2. The zero-order valence-electron chi connectivity index (χ0n) is 38.9. The van der Waals surface area contributed by atoms with E-state index in [9.17, 15) is 24.7 Å². The predicted molar refractivity (Wildman–Crippen MR) is 274 cm³/mol. The Labute approximate surface area is 400 Å². The Kier molecular flexibility index (Phi) is 17.2. The highest BCUT2D eigenvalue weighted by Gasteiger charge is 2.23. The number of rotatable bonds is 24. The SMILES string of the molecule is C=C(C)C(=O)CCCCN(Cc1ccccc1B(O)O)Cc1c2ccccc2c(CN(CCCNC(=O)C(=C)C)Cc2ccccc2O[B]O)c2ccc(-c3ccnc(-c4ccccn4)c3)cc12. The van der Waals surface area contributed by atoms with Crippen molar-refractivity contribution in [3.05, 3.63) is 180 Å². The molecule has 11 nitrogen and oxygen atoms in total. The number of ketones is 1. The van der Waals surface area contributed by atoms with E-state index in [2.05, 4.69) is 86.8 Å². The van der Waals surface area contributed by atoms with E-state index in [1.54, 1.807) is 26.1 Å². The summed E-state index contributed by atoms with van der Waals surface area (Å²) in [6.07, 6.45) is 6.10. The molecule has 5 aromatic carbocycles. The Bertz CT molecular complexity index is 2890. The van der Waals surface area contributed by atoms with Crippen LogP contribution in [-0.4, -0.2) is 81.0 Å². The topological polar surface area (TPSA) is 148 Å². The molecular formula is C55H58B2N5O6. The van der Waals surface area contributed by atoms with Gasteiger partial charge in [-0.05, 0) is 136 Å². The van der Waals surface area contributed by atoms with E-state index >= 15 is 0 Å². The minimum Gasteiger partial charge on any atom is -0.537 e. The standard InChI is InChI=1S/C55H58B2N5O6/c1-38(2)53(63)22-12-14-30-61(34-42-16-5-9-20-50(42)57(66)67)37-49-45-19-8-7-18-44(45)48(36-62(31-15-28-60-55(64)39(3)4)35-43-17-6-10-23-54(43)68-56-65)46-25-24-40(32-47(46)49)41-26-29-59-52(33-41)51-21-11-13-27-58-51/h5-11,13,16-21,23-27,29,32-33,65-67H,1,3,12,14-15,22,28,30-31,34-37H2,2,4H3,(H,60,64). The first-order valence-corrected chi connectivity index (χ1v) is 23.1. The highest BCUT2D eigenvalue weighted by Crippen LogP contribution is 2.38. The quantitative estimate of drug-likeness (QED) is 0.0203. The second-order valence-electron chi connectivity index (χ2n) is 17.3. The van der Waals surface area contributed by atoms with Crippen molar-refractivity contribution in [2.24, 2.45) is 0 Å². The summed E-state index contributed by atoms with van der Waals surface area (Å²) in [4.78, 5) is 39.0. The largest absolute Gasteiger partial charge is 0.569 e. The maximum Gasteiger partial charge on any atom is 0.569 e. The van der Waals surface area contributed by atoms with Gasteiger partial charge in [-0.2, -0.15) is 0 Å². The van der Waals surface area contributed by atoms with Gasteiger partial charge < -0.3 is 25.0 Å². The van der Waals surface area contributed by atoms with Crippen LogP contribution < -0.4 is 15.4 Å². The van der Waals surface area contributed by atoms with Gasteiger partial charge in [0, 0.05) is 69.2 Å². The van der Waals surface area contributed by atoms with Crippen molar-refractivity contribution < 1.29 is 29.3 Å². The zero-order chi connectivity index (χ0) is 48.0. The van der Waals surface area contributed by atoms with Gasteiger partial charge in [0.15, 0.2) is 5.78 Å². The van der Waals surface area contributed by atoms with Crippen molar-refractivity contribution in [2.75, 3.05) is 19.6 Å². The molecule has 0 aliphatic heterocycles. The van der Waals surface area contributed by atoms with Gasteiger partial charge in [0.05, 0.1) is 11.4 Å². The van der Waals surface area contributed by atoms with Gasteiger partial charge in [0.25, 0.3) is 0 Å².